The quantitative estimate of drug-likeness (QED) is 0.140. The molecule has 0 aliphatic heterocycles. The van der Waals surface area contributed by atoms with E-state index in [1.807, 2.05) is 0 Å². The van der Waals surface area contributed by atoms with Crippen LogP contribution in [0, 0.1) is 0 Å². The molecule has 0 aromatic heterocycles. The number of hydrogen-bond donors (Lipinski definition) is 7. The van der Waals surface area contributed by atoms with Gasteiger partial charge in [-0.2, -0.15) is 0 Å². The van der Waals surface area contributed by atoms with Crippen molar-refractivity contribution in [1.82, 2.24) is 16.0 Å². The maximum Gasteiger partial charge on any atom is 0.326 e. The van der Waals surface area contributed by atoms with Gasteiger partial charge in [0.2, 0.25) is 17.7 Å². The Morgan fingerprint density at radius 2 is 1.56 bits per heavy atom. The van der Waals surface area contributed by atoms with Gasteiger partial charge in [-0.3, -0.25) is 19.2 Å². The van der Waals surface area contributed by atoms with E-state index in [4.69, 9.17) is 21.7 Å². The van der Waals surface area contributed by atoms with E-state index >= 15 is 0 Å². The van der Waals surface area contributed by atoms with Gasteiger partial charge in [0, 0.05) is 12.8 Å². The van der Waals surface area contributed by atoms with Crippen LogP contribution in [0.3, 0.4) is 0 Å². The molecule has 0 radical (unpaired) electrons. The molecule has 0 heterocycles. The first kappa shape index (κ1) is 28.5. The molecule has 0 fully saturated rings. The first-order chi connectivity index (χ1) is 16.1. The highest BCUT2D eigenvalue weighted by Crippen LogP contribution is 2.05. The van der Waals surface area contributed by atoms with E-state index in [1.165, 1.54) is 0 Å². The number of aliphatic carboxylic acids is 2. The average molecular weight is 480 g/mol. The van der Waals surface area contributed by atoms with Crippen LogP contribution in [0.25, 0.3) is 0 Å². The van der Waals surface area contributed by atoms with Crippen LogP contribution >= 0.6 is 0 Å². The predicted octanol–water partition coefficient (Wildman–Crippen LogP) is -1.28. The number of hydrogen-bond acceptors (Lipinski definition) is 7. The van der Waals surface area contributed by atoms with Crippen LogP contribution in [0.5, 0.6) is 0 Å². The van der Waals surface area contributed by atoms with Crippen LogP contribution in [0.2, 0.25) is 0 Å². The molecule has 0 bridgehead atoms. The lowest BCUT2D eigenvalue weighted by atomic mass is 10.0. The summed E-state index contributed by atoms with van der Waals surface area (Å²) in [7, 11) is 0. The second kappa shape index (κ2) is 15.3. The van der Waals surface area contributed by atoms with E-state index in [-0.39, 0.29) is 12.8 Å². The summed E-state index contributed by atoms with van der Waals surface area (Å²) in [5, 5.41) is 25.0. The third-order valence-corrected chi connectivity index (χ3v) is 4.93. The average Bonchev–Trinajstić information content (AvgIpc) is 2.80. The van der Waals surface area contributed by atoms with Crippen LogP contribution in [0.15, 0.2) is 30.3 Å². The van der Waals surface area contributed by atoms with Gasteiger partial charge in [-0.1, -0.05) is 36.8 Å². The minimum Gasteiger partial charge on any atom is -0.481 e. The Morgan fingerprint density at radius 1 is 0.882 bits per heavy atom. The zero-order valence-electron chi connectivity index (χ0n) is 18.9. The third kappa shape index (κ3) is 11.4. The maximum absolute atomic E-state index is 12.7. The summed E-state index contributed by atoms with van der Waals surface area (Å²) in [5.74, 6) is -4.57. The lowest BCUT2D eigenvalue weighted by molar-refractivity contribution is -0.143. The van der Waals surface area contributed by atoms with Gasteiger partial charge in [-0.05, 0) is 31.4 Å². The summed E-state index contributed by atoms with van der Waals surface area (Å²) in [6, 6.07) is 5.66. The Kier molecular flexibility index (Phi) is 12.9. The standard InChI is InChI=1S/C22H33N5O7/c23-11-5-4-8-15(24)20(31)27-17(12-14-6-2-1-3-7-14)21(32)25-13-18(28)26-16(22(33)34)9-10-19(29)30/h1-3,6-7,15-17H,4-5,8-13,23-24H2,(H,25,32)(H,26,28)(H,27,31)(H,29,30)(H,33,34). The Morgan fingerprint density at radius 3 is 2.15 bits per heavy atom. The molecule has 3 amide bonds. The molecule has 0 aliphatic rings. The molecule has 0 spiro atoms. The van der Waals surface area contributed by atoms with Crippen molar-refractivity contribution in [2.45, 2.75) is 56.7 Å². The highest BCUT2D eigenvalue weighted by Gasteiger charge is 2.25. The number of carboxylic acid groups (broad SMARTS) is 2. The molecule has 12 heteroatoms. The molecule has 3 atom stereocenters. The van der Waals surface area contributed by atoms with Gasteiger partial charge in [-0.25, -0.2) is 4.79 Å². The maximum atomic E-state index is 12.7. The zero-order chi connectivity index (χ0) is 25.5. The van der Waals surface area contributed by atoms with E-state index < -0.39 is 60.8 Å². The number of carbonyl (C=O) groups excluding carboxylic acids is 3. The largest absolute Gasteiger partial charge is 0.481 e. The summed E-state index contributed by atoms with van der Waals surface area (Å²) >= 11 is 0. The van der Waals surface area contributed by atoms with E-state index in [0.29, 0.717) is 25.8 Å². The summed E-state index contributed by atoms with van der Waals surface area (Å²) in [4.78, 5) is 59.2. The molecule has 9 N–H and O–H groups in total. The molecule has 0 aliphatic carbocycles. The normalized spacial score (nSPS) is 13.2. The highest BCUT2D eigenvalue weighted by molar-refractivity contribution is 5.92. The lowest BCUT2D eigenvalue weighted by Gasteiger charge is -2.21. The molecule has 12 nitrogen and oxygen atoms in total. The van der Waals surface area contributed by atoms with Crippen molar-refractivity contribution in [3.63, 3.8) is 0 Å². The number of nitrogens with one attached hydrogen (secondary N) is 3. The van der Waals surface area contributed by atoms with Gasteiger partial charge in [-0.15, -0.1) is 0 Å². The second-order valence-electron chi connectivity index (χ2n) is 7.75. The number of carboxylic acids is 2. The Labute approximate surface area is 197 Å². The summed E-state index contributed by atoms with van der Waals surface area (Å²) in [6.45, 7) is -0.0755. The highest BCUT2D eigenvalue weighted by atomic mass is 16.4. The van der Waals surface area contributed by atoms with Crippen molar-refractivity contribution < 1.29 is 34.2 Å². The molecule has 0 saturated heterocycles. The molecule has 1 aromatic carbocycles. The molecule has 1 rings (SSSR count). The second-order valence-corrected chi connectivity index (χ2v) is 7.75. The molecular formula is C22H33N5O7. The van der Waals surface area contributed by atoms with Crippen LogP contribution in [0.4, 0.5) is 0 Å². The van der Waals surface area contributed by atoms with Crippen molar-refractivity contribution in [1.29, 1.82) is 0 Å². The van der Waals surface area contributed by atoms with Gasteiger partial charge in [0.25, 0.3) is 0 Å². The molecule has 1 aromatic rings. The van der Waals surface area contributed by atoms with Crippen molar-refractivity contribution in [2.24, 2.45) is 11.5 Å². The Hall–Kier alpha value is -3.51. The van der Waals surface area contributed by atoms with Crippen LogP contribution in [-0.4, -0.2) is 71.1 Å². The first-order valence-corrected chi connectivity index (χ1v) is 11.0. The lowest BCUT2D eigenvalue weighted by Crippen LogP contribution is -2.54. The molecule has 188 valence electrons. The van der Waals surface area contributed by atoms with Crippen molar-refractivity contribution >= 4 is 29.7 Å². The smallest absolute Gasteiger partial charge is 0.326 e. The summed E-state index contributed by atoms with van der Waals surface area (Å²) in [5.41, 5.74) is 12.1. The van der Waals surface area contributed by atoms with Gasteiger partial charge in [0.1, 0.15) is 12.1 Å². The number of benzene rings is 1. The molecule has 0 saturated carbocycles. The van der Waals surface area contributed by atoms with Crippen LogP contribution < -0.4 is 27.4 Å². The number of rotatable bonds is 16. The fourth-order valence-electron chi connectivity index (χ4n) is 3.04. The third-order valence-electron chi connectivity index (χ3n) is 4.93. The molecular weight excluding hydrogens is 446 g/mol. The summed E-state index contributed by atoms with van der Waals surface area (Å²) < 4.78 is 0. The fourth-order valence-corrected chi connectivity index (χ4v) is 3.04. The van der Waals surface area contributed by atoms with Crippen LogP contribution in [-0.2, 0) is 30.4 Å². The topological polar surface area (TPSA) is 214 Å². The monoisotopic (exact) mass is 479 g/mol. The van der Waals surface area contributed by atoms with Crippen molar-refractivity contribution in [3.8, 4) is 0 Å². The number of unbranched alkanes of at least 4 members (excludes halogenated alkanes) is 1. The Balaban J connectivity index is 2.74. The zero-order valence-corrected chi connectivity index (χ0v) is 18.9. The SMILES string of the molecule is NCCCCC(N)C(=O)NC(Cc1ccccc1)C(=O)NCC(=O)NC(CCC(=O)O)C(=O)O. The number of amides is 3. The minimum absolute atomic E-state index is 0.145. The van der Waals surface area contributed by atoms with E-state index in [1.54, 1.807) is 30.3 Å². The van der Waals surface area contributed by atoms with E-state index in [0.717, 1.165) is 5.56 Å². The minimum atomic E-state index is -1.41. The fraction of sp³-hybridized carbons (Fsp3) is 0.500. The van der Waals surface area contributed by atoms with Gasteiger partial charge < -0.3 is 37.6 Å². The van der Waals surface area contributed by atoms with Gasteiger partial charge in [0.05, 0.1) is 12.6 Å². The van der Waals surface area contributed by atoms with Crippen molar-refractivity contribution in [2.75, 3.05) is 13.1 Å². The number of nitrogens with two attached hydrogens (primary N) is 2. The van der Waals surface area contributed by atoms with Gasteiger partial charge in [0.15, 0.2) is 0 Å². The number of carbonyl (C=O) groups is 5. The van der Waals surface area contributed by atoms with Crippen LogP contribution in [0.1, 0.15) is 37.7 Å². The van der Waals surface area contributed by atoms with E-state index in [9.17, 15) is 24.0 Å². The molecule has 3 unspecified atom stereocenters. The van der Waals surface area contributed by atoms with Crippen molar-refractivity contribution in [3.05, 3.63) is 35.9 Å². The van der Waals surface area contributed by atoms with Gasteiger partial charge >= 0.3 is 11.9 Å². The Bertz CT molecular complexity index is 834. The van der Waals surface area contributed by atoms with E-state index in [2.05, 4.69) is 16.0 Å². The molecule has 34 heavy (non-hydrogen) atoms. The predicted molar refractivity (Wildman–Crippen MR) is 122 cm³/mol. The summed E-state index contributed by atoms with van der Waals surface area (Å²) in [6.07, 6.45) is 1.17. The first-order valence-electron chi connectivity index (χ1n) is 11.0.